The summed E-state index contributed by atoms with van der Waals surface area (Å²) in [6.07, 6.45) is 3.99. The Kier molecular flexibility index (Phi) is 7.42. The third kappa shape index (κ3) is 5.99. The van der Waals surface area contributed by atoms with E-state index in [1.165, 1.54) is 30.7 Å². The number of likely N-dealkylation sites (tertiary alicyclic amines) is 1. The van der Waals surface area contributed by atoms with E-state index in [2.05, 4.69) is 9.80 Å². The Balaban J connectivity index is 1.36. The van der Waals surface area contributed by atoms with Crippen LogP contribution in [0.2, 0.25) is 0 Å². The van der Waals surface area contributed by atoms with E-state index in [0.29, 0.717) is 19.5 Å². The van der Waals surface area contributed by atoms with E-state index in [1.54, 1.807) is 0 Å². The molecule has 0 aromatic heterocycles. The number of nitrogens with zero attached hydrogens (tertiary/aromatic N) is 3. The summed E-state index contributed by atoms with van der Waals surface area (Å²) in [6.45, 7) is 6.37. The minimum atomic E-state index is -3.37. The van der Waals surface area contributed by atoms with Gasteiger partial charge < -0.3 is 9.80 Å². The molecule has 0 spiro atoms. The van der Waals surface area contributed by atoms with Crippen LogP contribution in [-0.2, 0) is 14.6 Å². The fourth-order valence-corrected chi connectivity index (χ4v) is 5.14. The van der Waals surface area contributed by atoms with Crippen molar-refractivity contribution in [3.8, 4) is 0 Å². The zero-order valence-corrected chi connectivity index (χ0v) is 17.2. The number of carbonyl (C=O) groups is 1. The Bertz CT molecular complexity index is 740. The Morgan fingerprint density at radius 1 is 0.893 bits per heavy atom. The van der Waals surface area contributed by atoms with Gasteiger partial charge in [-0.3, -0.25) is 9.69 Å². The highest BCUT2D eigenvalue weighted by atomic mass is 32.2. The highest BCUT2D eigenvalue weighted by Crippen LogP contribution is 2.14. The van der Waals surface area contributed by atoms with Crippen LogP contribution in [0.3, 0.4) is 0 Å². The van der Waals surface area contributed by atoms with Gasteiger partial charge in [0.05, 0.1) is 17.2 Å². The van der Waals surface area contributed by atoms with Crippen LogP contribution in [0.1, 0.15) is 25.7 Å². The molecule has 6 nitrogen and oxygen atoms in total. The van der Waals surface area contributed by atoms with Crippen molar-refractivity contribution >= 4 is 15.7 Å². The number of benzene rings is 1. The van der Waals surface area contributed by atoms with Gasteiger partial charge in [-0.2, -0.15) is 0 Å². The lowest BCUT2D eigenvalue weighted by Gasteiger charge is -2.36. The van der Waals surface area contributed by atoms with Crippen molar-refractivity contribution in [2.24, 2.45) is 0 Å². The molecule has 0 N–H and O–H groups in total. The van der Waals surface area contributed by atoms with Crippen LogP contribution < -0.4 is 0 Å². The Hall–Kier alpha value is -1.51. The van der Waals surface area contributed by atoms with Crippen molar-refractivity contribution in [1.29, 1.82) is 0 Å². The first kappa shape index (κ1) is 21.2. The lowest BCUT2D eigenvalue weighted by Crippen LogP contribution is -2.50. The topological polar surface area (TPSA) is 60.9 Å². The van der Waals surface area contributed by atoms with E-state index in [-0.39, 0.29) is 16.6 Å². The van der Waals surface area contributed by atoms with E-state index in [4.69, 9.17) is 0 Å². The van der Waals surface area contributed by atoms with Gasteiger partial charge in [-0.1, -0.05) is 0 Å². The largest absolute Gasteiger partial charge is 0.342 e. The highest BCUT2D eigenvalue weighted by Gasteiger charge is 2.23. The molecule has 2 fully saturated rings. The molecular formula is C20H30FN3O3S. The summed E-state index contributed by atoms with van der Waals surface area (Å²) in [5, 5.41) is 0. The van der Waals surface area contributed by atoms with E-state index >= 15 is 0 Å². The number of rotatable bonds is 7. The summed E-state index contributed by atoms with van der Waals surface area (Å²) in [7, 11) is -3.37. The molecule has 1 amide bonds. The molecule has 0 unspecified atom stereocenters. The van der Waals surface area contributed by atoms with Gasteiger partial charge >= 0.3 is 0 Å². The predicted octanol–water partition coefficient (Wildman–Crippen LogP) is 1.62. The number of carbonyl (C=O) groups excluding carboxylic acids is 1. The maximum Gasteiger partial charge on any atom is 0.236 e. The van der Waals surface area contributed by atoms with Gasteiger partial charge in [0.2, 0.25) is 5.91 Å². The van der Waals surface area contributed by atoms with Crippen LogP contribution in [0.4, 0.5) is 4.39 Å². The molecule has 0 aliphatic carbocycles. The van der Waals surface area contributed by atoms with Gasteiger partial charge in [0.25, 0.3) is 0 Å². The monoisotopic (exact) mass is 411 g/mol. The smallest absolute Gasteiger partial charge is 0.236 e. The van der Waals surface area contributed by atoms with Crippen LogP contribution in [0, 0.1) is 5.82 Å². The van der Waals surface area contributed by atoms with Crippen LogP contribution in [0.25, 0.3) is 0 Å². The van der Waals surface area contributed by atoms with Gasteiger partial charge in [-0.05, 0) is 56.5 Å². The normalized spacial score (nSPS) is 19.7. The molecule has 0 atom stereocenters. The van der Waals surface area contributed by atoms with E-state index in [1.807, 2.05) is 4.90 Å². The van der Waals surface area contributed by atoms with Gasteiger partial charge in [-0.25, -0.2) is 12.8 Å². The van der Waals surface area contributed by atoms with Gasteiger partial charge in [-0.15, -0.1) is 0 Å². The molecule has 2 heterocycles. The molecule has 8 heteroatoms. The van der Waals surface area contributed by atoms with Crippen LogP contribution in [-0.4, -0.2) is 87.1 Å². The molecule has 0 radical (unpaired) electrons. The van der Waals surface area contributed by atoms with Crippen molar-refractivity contribution in [3.63, 3.8) is 0 Å². The number of sulfone groups is 1. The second-order valence-electron chi connectivity index (χ2n) is 7.69. The van der Waals surface area contributed by atoms with E-state index in [9.17, 15) is 17.6 Å². The van der Waals surface area contributed by atoms with Gasteiger partial charge in [0.15, 0.2) is 9.84 Å². The number of halogens is 1. The molecule has 2 aliphatic rings. The van der Waals surface area contributed by atoms with Crippen LogP contribution in [0.5, 0.6) is 0 Å². The minimum Gasteiger partial charge on any atom is -0.342 e. The average Bonchev–Trinajstić information content (AvgIpc) is 2.70. The second kappa shape index (κ2) is 9.80. The van der Waals surface area contributed by atoms with Crippen LogP contribution in [0.15, 0.2) is 29.2 Å². The second-order valence-corrected chi connectivity index (χ2v) is 9.79. The maximum atomic E-state index is 13.0. The summed E-state index contributed by atoms with van der Waals surface area (Å²) in [6, 6.07) is 5.00. The zero-order valence-electron chi connectivity index (χ0n) is 16.4. The maximum absolute atomic E-state index is 13.0. The van der Waals surface area contributed by atoms with Crippen LogP contribution >= 0.6 is 0 Å². The Morgan fingerprint density at radius 2 is 1.50 bits per heavy atom. The van der Waals surface area contributed by atoms with Crippen molar-refractivity contribution in [3.05, 3.63) is 30.1 Å². The molecule has 0 bridgehead atoms. The molecule has 1 aromatic rings. The van der Waals surface area contributed by atoms with E-state index in [0.717, 1.165) is 52.1 Å². The Morgan fingerprint density at radius 3 is 2.14 bits per heavy atom. The highest BCUT2D eigenvalue weighted by molar-refractivity contribution is 7.91. The molecule has 0 saturated carbocycles. The number of amides is 1. The molecule has 1 aromatic carbocycles. The number of piperazine rings is 1. The SMILES string of the molecule is O=C(CN1CCN(CCCS(=O)(=O)c2ccc(F)cc2)CC1)N1CCCCC1. The number of hydrogen-bond donors (Lipinski definition) is 0. The van der Waals surface area contributed by atoms with Gasteiger partial charge in [0.1, 0.15) is 5.82 Å². The fourth-order valence-electron chi connectivity index (χ4n) is 3.84. The first-order valence-electron chi connectivity index (χ1n) is 10.1. The predicted molar refractivity (Wildman–Crippen MR) is 106 cm³/mol. The third-order valence-corrected chi connectivity index (χ3v) is 7.41. The van der Waals surface area contributed by atoms with Crippen molar-refractivity contribution in [2.45, 2.75) is 30.6 Å². The third-order valence-electron chi connectivity index (χ3n) is 5.59. The van der Waals surface area contributed by atoms with Crippen molar-refractivity contribution < 1.29 is 17.6 Å². The van der Waals surface area contributed by atoms with E-state index < -0.39 is 15.7 Å². The van der Waals surface area contributed by atoms with Crippen molar-refractivity contribution in [2.75, 3.05) is 58.1 Å². The summed E-state index contributed by atoms with van der Waals surface area (Å²) in [5.74, 6) is -0.138. The quantitative estimate of drug-likeness (QED) is 0.638. The summed E-state index contributed by atoms with van der Waals surface area (Å²) >= 11 is 0. The summed E-state index contributed by atoms with van der Waals surface area (Å²) < 4.78 is 37.6. The molecule has 156 valence electrons. The fraction of sp³-hybridized carbons (Fsp3) is 0.650. The zero-order chi connectivity index (χ0) is 20.0. The minimum absolute atomic E-state index is 0.0618. The lowest BCUT2D eigenvalue weighted by molar-refractivity contribution is -0.133. The lowest BCUT2D eigenvalue weighted by atomic mass is 10.1. The first-order valence-corrected chi connectivity index (χ1v) is 11.8. The average molecular weight is 412 g/mol. The number of piperidine rings is 1. The first-order chi connectivity index (χ1) is 13.4. The summed E-state index contributed by atoms with van der Waals surface area (Å²) in [4.78, 5) is 19.0. The standard InChI is InChI=1S/C20H30FN3O3S/c21-18-5-7-19(8-6-18)28(26,27)16-4-9-22-12-14-23(15-13-22)17-20(25)24-10-2-1-3-11-24/h5-8H,1-4,9-17H2. The molecule has 2 aliphatic heterocycles. The number of hydrogen-bond acceptors (Lipinski definition) is 5. The van der Waals surface area contributed by atoms with Crippen molar-refractivity contribution in [1.82, 2.24) is 14.7 Å². The molecule has 28 heavy (non-hydrogen) atoms. The Labute approximate surface area is 167 Å². The summed E-state index contributed by atoms with van der Waals surface area (Å²) in [5.41, 5.74) is 0. The molecule has 3 rings (SSSR count). The van der Waals surface area contributed by atoms with Gasteiger partial charge in [0, 0.05) is 39.3 Å². The molecular weight excluding hydrogens is 381 g/mol. The molecule has 2 saturated heterocycles.